The summed E-state index contributed by atoms with van der Waals surface area (Å²) >= 11 is 0. The van der Waals surface area contributed by atoms with Crippen LogP contribution in [-0.2, 0) is 42.4 Å². The highest BCUT2D eigenvalue weighted by atomic mass is 31.2. The highest BCUT2D eigenvalue weighted by molar-refractivity contribution is 7.46. The van der Waals surface area contributed by atoms with E-state index in [0.717, 1.165) is 77.0 Å². The summed E-state index contributed by atoms with van der Waals surface area (Å²) in [7, 11) is -5.30. The van der Waals surface area contributed by atoms with Crippen molar-refractivity contribution < 1.29 is 82.8 Å². The van der Waals surface area contributed by atoms with Crippen molar-refractivity contribution in [2.45, 2.75) is 300 Å². The monoisotopic (exact) mass is 1050 g/mol. The predicted octanol–water partition coefficient (Wildman–Crippen LogP) is 6.78. The summed E-state index contributed by atoms with van der Waals surface area (Å²) in [5.41, 5.74) is 0. The molecule has 0 aromatic carbocycles. The molecule has 0 aromatic rings. The van der Waals surface area contributed by atoms with E-state index in [1.807, 2.05) is 0 Å². The molecule has 0 saturated carbocycles. The first-order valence-corrected chi connectivity index (χ1v) is 29.5. The minimum atomic E-state index is -5.30. The number of aliphatic hydroxyl groups excluding tert-OH is 6. The number of amides is 2. The molecule has 0 spiro atoms. The Kier molecular flexibility index (Phi) is 36.4. The molecule has 424 valence electrons. The normalized spacial score (nSPS) is 25.5. The van der Waals surface area contributed by atoms with Crippen LogP contribution >= 0.6 is 7.82 Å². The first-order chi connectivity index (χ1) is 34.5. The lowest BCUT2D eigenvalue weighted by Gasteiger charge is -2.45. The highest BCUT2D eigenvalue weighted by Crippen LogP contribution is 2.41. The smallest absolute Gasteiger partial charge is 0.462 e. The van der Waals surface area contributed by atoms with Gasteiger partial charge in [-0.05, 0) is 25.7 Å². The van der Waals surface area contributed by atoms with Crippen LogP contribution in [0, 0.1) is 0 Å². The van der Waals surface area contributed by atoms with Gasteiger partial charge in [0.25, 0.3) is 0 Å². The molecule has 0 unspecified atom stereocenters. The van der Waals surface area contributed by atoms with Crippen molar-refractivity contribution in [2.24, 2.45) is 0 Å². The van der Waals surface area contributed by atoms with Crippen molar-refractivity contribution >= 4 is 25.6 Å². The number of ether oxygens (including phenoxy) is 4. The number of esters is 1. The van der Waals surface area contributed by atoms with Crippen molar-refractivity contribution in [1.82, 2.24) is 10.6 Å². The van der Waals surface area contributed by atoms with Crippen molar-refractivity contribution in [1.29, 1.82) is 0 Å². The van der Waals surface area contributed by atoms with Crippen molar-refractivity contribution in [3.63, 3.8) is 0 Å². The summed E-state index contributed by atoms with van der Waals surface area (Å²) in [6, 6.07) is -3.12. The molecule has 0 radical (unpaired) electrons. The molecule has 72 heavy (non-hydrogen) atoms. The van der Waals surface area contributed by atoms with Gasteiger partial charge in [-0.2, -0.15) is 0 Å². The summed E-state index contributed by atoms with van der Waals surface area (Å²) < 4.78 is 39.8. The predicted molar refractivity (Wildman–Crippen MR) is 272 cm³/mol. The van der Waals surface area contributed by atoms with Crippen molar-refractivity contribution in [3.05, 3.63) is 0 Å². The molecule has 0 aromatic heterocycles. The highest BCUT2D eigenvalue weighted by Gasteiger charge is 2.51. The molecule has 19 nitrogen and oxygen atoms in total. The maximum atomic E-state index is 13.8. The maximum absolute atomic E-state index is 13.8. The van der Waals surface area contributed by atoms with E-state index in [4.69, 9.17) is 23.5 Å². The lowest BCUT2D eigenvalue weighted by molar-refractivity contribution is -0.296. The number of carbonyl (C=O) groups is 3. The van der Waals surface area contributed by atoms with E-state index >= 15 is 0 Å². The Balaban J connectivity index is 2.08. The van der Waals surface area contributed by atoms with Crippen LogP contribution in [0.5, 0.6) is 0 Å². The van der Waals surface area contributed by atoms with Gasteiger partial charge in [0.1, 0.15) is 54.8 Å². The van der Waals surface area contributed by atoms with Crippen LogP contribution in [0.2, 0.25) is 0 Å². The number of nitrogens with one attached hydrogen (secondary N) is 2. The van der Waals surface area contributed by atoms with Crippen molar-refractivity contribution in [3.8, 4) is 0 Å². The first-order valence-electron chi connectivity index (χ1n) is 28.0. The molecule has 10 N–H and O–H groups in total. The Hall–Kier alpha value is -1.84. The molecule has 12 atom stereocenters. The van der Waals surface area contributed by atoms with Gasteiger partial charge in [-0.25, -0.2) is 4.57 Å². The van der Waals surface area contributed by atoms with Gasteiger partial charge in [-0.3, -0.25) is 18.9 Å². The number of rotatable bonds is 43. The third-order valence-corrected chi connectivity index (χ3v) is 14.3. The van der Waals surface area contributed by atoms with Gasteiger partial charge in [-0.15, -0.1) is 0 Å². The minimum absolute atomic E-state index is 0.189. The largest absolute Gasteiger partial charge is 0.470 e. The molecule has 2 fully saturated rings. The minimum Gasteiger partial charge on any atom is -0.462 e. The zero-order valence-electron chi connectivity index (χ0n) is 44.2. The fourth-order valence-electron chi connectivity index (χ4n) is 9.49. The fraction of sp³-hybridized carbons (Fsp3) is 0.942. The number of aliphatic hydroxyl groups is 6. The molecule has 2 amide bonds. The molecular weight excluding hydrogens is 956 g/mol. The van der Waals surface area contributed by atoms with Gasteiger partial charge in [0.15, 0.2) is 12.6 Å². The summed E-state index contributed by atoms with van der Waals surface area (Å²) in [6.07, 6.45) is 13.6. The Morgan fingerprint density at radius 1 is 0.569 bits per heavy atom. The topological polar surface area (TPSA) is 300 Å². The average molecular weight is 1060 g/mol. The quantitative estimate of drug-likeness (QED) is 0.0171. The SMILES string of the molecule is CCCCCCCCCCCC(=O)O[C@@H](CCCCCCCCCCC)CC(=O)N[C@H]1[C@H](OC[C@H]2O[C@H](O)[C@H](NC(=O)C[C@H](O)CCCCCCCCCCC)[C@@H](O)[C@@H]2O)O[C@H](CO)[C@@H](OP(=O)(O)O)[C@@H]1O. The van der Waals surface area contributed by atoms with E-state index in [1.54, 1.807) is 0 Å². The third-order valence-electron chi connectivity index (χ3n) is 13.8. The first kappa shape index (κ1) is 66.3. The van der Waals surface area contributed by atoms with E-state index in [2.05, 4.69) is 31.4 Å². The fourth-order valence-corrected chi connectivity index (χ4v) is 10.1. The van der Waals surface area contributed by atoms with E-state index in [-0.39, 0.29) is 19.3 Å². The summed E-state index contributed by atoms with van der Waals surface area (Å²) in [5, 5.41) is 70.1. The van der Waals surface area contributed by atoms with Crippen LogP contribution < -0.4 is 10.6 Å². The standard InChI is InChI=1S/C52H99N2O17P/c1-4-7-10-13-16-19-22-25-28-31-38(56)34-42(57)53-45-48(61)47(60)41(69-51(45)63)37-67-52-46(49(62)50(40(36-55)70-52)71-72(64,65)66)54-43(58)35-39(32-29-26-23-20-17-14-11-8-5-2)68-44(59)33-30-27-24-21-18-15-12-9-6-3/h38-41,45-52,55-56,60-63H,4-37H2,1-3H3,(H,53,57)(H,54,58)(H2,64,65,66)/t38-,39+,40-,41-,45-,46-,47-,48-,49-,50-,51+,52-/m1/s1. The van der Waals surface area contributed by atoms with Crippen LogP contribution in [0.15, 0.2) is 0 Å². The molecule has 0 aliphatic carbocycles. The van der Waals surface area contributed by atoms with Gasteiger partial charge in [-0.1, -0.05) is 181 Å². The van der Waals surface area contributed by atoms with Gasteiger partial charge in [0, 0.05) is 6.42 Å². The van der Waals surface area contributed by atoms with Gasteiger partial charge in [0.2, 0.25) is 11.8 Å². The second-order valence-electron chi connectivity index (χ2n) is 20.3. The van der Waals surface area contributed by atoms with Gasteiger partial charge in [0.05, 0.1) is 32.2 Å². The Labute approximate surface area is 430 Å². The van der Waals surface area contributed by atoms with E-state index in [9.17, 15) is 59.4 Å². The Bertz CT molecular complexity index is 1460. The summed E-state index contributed by atoms with van der Waals surface area (Å²) in [5.74, 6) is -1.85. The van der Waals surface area contributed by atoms with Crippen molar-refractivity contribution in [2.75, 3.05) is 13.2 Å². The zero-order chi connectivity index (χ0) is 53.2. The second-order valence-corrected chi connectivity index (χ2v) is 21.5. The summed E-state index contributed by atoms with van der Waals surface area (Å²) in [6.45, 7) is 4.94. The number of unbranched alkanes of at least 4 members (excludes halogenated alkanes) is 24. The van der Waals surface area contributed by atoms with Crippen LogP contribution in [0.25, 0.3) is 0 Å². The number of carbonyl (C=O) groups excluding carboxylic acids is 3. The molecule has 0 bridgehead atoms. The van der Waals surface area contributed by atoms with Gasteiger partial charge < -0.3 is 70.0 Å². The molecule has 2 saturated heterocycles. The van der Waals surface area contributed by atoms with Gasteiger partial charge >= 0.3 is 13.8 Å². The van der Waals surface area contributed by atoms with Crippen LogP contribution in [0.1, 0.15) is 226 Å². The summed E-state index contributed by atoms with van der Waals surface area (Å²) in [4.78, 5) is 59.1. The second kappa shape index (κ2) is 39.5. The van der Waals surface area contributed by atoms with Crippen LogP contribution in [0.3, 0.4) is 0 Å². The molecule has 2 heterocycles. The van der Waals surface area contributed by atoms with Crippen LogP contribution in [0.4, 0.5) is 0 Å². The van der Waals surface area contributed by atoms with E-state index in [0.29, 0.717) is 25.7 Å². The molecular formula is C52H99N2O17P. The Morgan fingerprint density at radius 3 is 1.53 bits per heavy atom. The zero-order valence-corrected chi connectivity index (χ0v) is 45.1. The molecule has 2 rings (SSSR count). The number of phosphoric acid groups is 1. The molecule has 2 aliphatic rings. The number of hydrogen-bond donors (Lipinski definition) is 10. The lowest BCUT2D eigenvalue weighted by atomic mass is 9.95. The molecule has 20 heteroatoms. The lowest BCUT2D eigenvalue weighted by Crippen LogP contribution is -2.67. The van der Waals surface area contributed by atoms with E-state index < -0.39 is 112 Å². The number of hydrogen-bond acceptors (Lipinski definition) is 15. The Morgan fingerprint density at radius 2 is 1.03 bits per heavy atom. The van der Waals surface area contributed by atoms with E-state index in [1.165, 1.54) is 83.5 Å². The molecule has 2 aliphatic heterocycles. The average Bonchev–Trinajstić information content (AvgIpc) is 3.33. The maximum Gasteiger partial charge on any atom is 0.470 e. The third kappa shape index (κ3) is 28.9. The number of phosphoric ester groups is 1. The van der Waals surface area contributed by atoms with Crippen LogP contribution in [-0.4, -0.2) is 145 Å².